The van der Waals surface area contributed by atoms with Crippen molar-refractivity contribution >= 4 is 34.9 Å². The topological polar surface area (TPSA) is 103 Å². The average molecular weight is 573 g/mol. The molecule has 41 heavy (non-hydrogen) atoms. The number of amides is 1. The zero-order chi connectivity index (χ0) is 28.8. The van der Waals surface area contributed by atoms with Gasteiger partial charge in [-0.1, -0.05) is 35.9 Å². The molecule has 9 nitrogen and oxygen atoms in total. The Morgan fingerprint density at radius 3 is 2.44 bits per heavy atom. The lowest BCUT2D eigenvalue weighted by Gasteiger charge is -2.31. The minimum Gasteiger partial charge on any atom is -0.466 e. The first kappa shape index (κ1) is 27.9. The van der Waals surface area contributed by atoms with E-state index in [4.69, 9.17) is 21.1 Å². The van der Waals surface area contributed by atoms with E-state index in [0.29, 0.717) is 60.2 Å². The van der Waals surface area contributed by atoms with Crippen LogP contribution in [0.1, 0.15) is 30.1 Å². The minimum atomic E-state index is -0.430. The summed E-state index contributed by atoms with van der Waals surface area (Å²) in [6.45, 7) is 3.06. The number of ether oxygens (including phenoxy) is 2. The summed E-state index contributed by atoms with van der Waals surface area (Å²) in [7, 11) is 0. The van der Waals surface area contributed by atoms with Gasteiger partial charge in [0.25, 0.3) is 11.5 Å². The Kier molecular flexibility index (Phi) is 8.64. The van der Waals surface area contributed by atoms with Crippen LogP contribution < -0.4 is 15.6 Å². The molecule has 5 rings (SSSR count). The number of para-hydroxylation sites is 1. The number of piperidine rings is 1. The predicted octanol–water partition coefficient (Wildman–Crippen LogP) is 5.84. The number of rotatable bonds is 8. The molecule has 0 unspecified atom stereocenters. The molecule has 1 aliphatic rings. The number of likely N-dealkylation sites (tertiary alicyclic amines) is 1. The summed E-state index contributed by atoms with van der Waals surface area (Å²) in [5.74, 6) is 0.143. The van der Waals surface area contributed by atoms with Crippen molar-refractivity contribution in [3.05, 3.63) is 106 Å². The van der Waals surface area contributed by atoms with Crippen LogP contribution in [0.5, 0.6) is 11.5 Å². The first-order valence-corrected chi connectivity index (χ1v) is 13.7. The number of anilines is 2. The number of carbonyl (C=O) groups is 2. The van der Waals surface area contributed by atoms with Crippen molar-refractivity contribution in [1.29, 1.82) is 0 Å². The smallest absolute Gasteiger partial charge is 0.309 e. The van der Waals surface area contributed by atoms with Crippen molar-refractivity contribution in [3.63, 3.8) is 0 Å². The third kappa shape index (κ3) is 6.58. The second kappa shape index (κ2) is 12.7. The molecule has 1 amide bonds. The van der Waals surface area contributed by atoms with E-state index in [9.17, 15) is 14.4 Å². The quantitative estimate of drug-likeness (QED) is 0.265. The van der Waals surface area contributed by atoms with Crippen LogP contribution in [0.2, 0.25) is 5.02 Å². The normalized spacial score (nSPS) is 13.5. The van der Waals surface area contributed by atoms with Gasteiger partial charge in [-0.05, 0) is 74.4 Å². The van der Waals surface area contributed by atoms with E-state index in [1.807, 2.05) is 18.2 Å². The van der Waals surface area contributed by atoms with Crippen LogP contribution in [0.15, 0.2) is 89.9 Å². The molecule has 1 aromatic heterocycles. The SMILES string of the molecule is CCOC(=O)C1CCN(C(=O)c2cccc(Nc3c(Oc4ccc(Cl)cc4)cnn(-c4ccccc4)c3=O)c2)CC1. The molecule has 10 heteroatoms. The van der Waals surface area contributed by atoms with Gasteiger partial charge in [-0.15, -0.1) is 0 Å². The van der Waals surface area contributed by atoms with E-state index in [1.165, 1.54) is 10.9 Å². The van der Waals surface area contributed by atoms with Crippen molar-refractivity contribution in [3.8, 4) is 17.2 Å². The highest BCUT2D eigenvalue weighted by atomic mass is 35.5. The molecule has 0 saturated carbocycles. The molecule has 4 aromatic rings. The zero-order valence-corrected chi connectivity index (χ0v) is 23.2. The molecular formula is C31H29ClN4O5. The summed E-state index contributed by atoms with van der Waals surface area (Å²) in [6, 6.07) is 22.7. The predicted molar refractivity (Wildman–Crippen MR) is 156 cm³/mol. The fourth-order valence-corrected chi connectivity index (χ4v) is 4.77. The van der Waals surface area contributed by atoms with E-state index in [0.717, 1.165) is 0 Å². The maximum Gasteiger partial charge on any atom is 0.309 e. The van der Waals surface area contributed by atoms with E-state index in [2.05, 4.69) is 10.4 Å². The van der Waals surface area contributed by atoms with Crippen LogP contribution in [-0.4, -0.2) is 46.3 Å². The molecule has 0 radical (unpaired) electrons. The molecule has 0 spiro atoms. The van der Waals surface area contributed by atoms with Gasteiger partial charge < -0.3 is 19.7 Å². The highest BCUT2D eigenvalue weighted by molar-refractivity contribution is 6.30. The highest BCUT2D eigenvalue weighted by Gasteiger charge is 2.28. The van der Waals surface area contributed by atoms with Gasteiger partial charge in [-0.2, -0.15) is 9.78 Å². The van der Waals surface area contributed by atoms with Crippen molar-refractivity contribution in [2.24, 2.45) is 5.92 Å². The Morgan fingerprint density at radius 2 is 1.73 bits per heavy atom. The van der Waals surface area contributed by atoms with Crippen LogP contribution in [0.25, 0.3) is 5.69 Å². The molecule has 1 saturated heterocycles. The first-order chi connectivity index (χ1) is 19.9. The van der Waals surface area contributed by atoms with Gasteiger partial charge in [0, 0.05) is 29.4 Å². The van der Waals surface area contributed by atoms with Crippen LogP contribution in [0.3, 0.4) is 0 Å². The maximum atomic E-state index is 13.7. The van der Waals surface area contributed by atoms with Crippen LogP contribution in [0, 0.1) is 5.92 Å². The molecule has 1 N–H and O–H groups in total. The number of aromatic nitrogens is 2. The highest BCUT2D eigenvalue weighted by Crippen LogP contribution is 2.30. The van der Waals surface area contributed by atoms with Crippen molar-refractivity contribution in [2.45, 2.75) is 19.8 Å². The lowest BCUT2D eigenvalue weighted by molar-refractivity contribution is -0.149. The Bertz CT molecular complexity index is 1580. The van der Waals surface area contributed by atoms with Crippen molar-refractivity contribution in [1.82, 2.24) is 14.7 Å². The van der Waals surface area contributed by atoms with Crippen molar-refractivity contribution in [2.75, 3.05) is 25.0 Å². The molecule has 210 valence electrons. The fourth-order valence-electron chi connectivity index (χ4n) is 4.65. The van der Waals surface area contributed by atoms with E-state index in [1.54, 1.807) is 72.5 Å². The second-order valence-electron chi connectivity index (χ2n) is 9.52. The van der Waals surface area contributed by atoms with E-state index < -0.39 is 5.56 Å². The number of hydrogen-bond donors (Lipinski definition) is 1. The largest absolute Gasteiger partial charge is 0.466 e. The number of benzene rings is 3. The monoisotopic (exact) mass is 572 g/mol. The molecule has 0 aliphatic carbocycles. The number of hydrogen-bond acceptors (Lipinski definition) is 7. The summed E-state index contributed by atoms with van der Waals surface area (Å²) in [5, 5.41) is 8.04. The third-order valence-electron chi connectivity index (χ3n) is 6.77. The van der Waals surface area contributed by atoms with E-state index >= 15 is 0 Å². The summed E-state index contributed by atoms with van der Waals surface area (Å²) < 4.78 is 12.4. The lowest BCUT2D eigenvalue weighted by Crippen LogP contribution is -2.40. The minimum absolute atomic E-state index is 0.148. The number of nitrogens with zero attached hydrogens (tertiary/aromatic N) is 3. The lowest BCUT2D eigenvalue weighted by atomic mass is 9.96. The molecule has 1 fully saturated rings. The zero-order valence-electron chi connectivity index (χ0n) is 22.5. The molecule has 3 aromatic carbocycles. The van der Waals surface area contributed by atoms with Gasteiger partial charge in [-0.3, -0.25) is 14.4 Å². The van der Waals surface area contributed by atoms with Gasteiger partial charge in [0.15, 0.2) is 11.4 Å². The van der Waals surface area contributed by atoms with Gasteiger partial charge in [0.2, 0.25) is 0 Å². The summed E-state index contributed by atoms with van der Waals surface area (Å²) >= 11 is 6.01. The standard InChI is InChI=1S/C31H29ClN4O5/c1-2-40-31(39)21-15-17-35(18-16-21)29(37)22-7-6-8-24(19-22)34-28-27(41-26-13-11-23(32)12-14-26)20-33-36(30(28)38)25-9-4-3-5-10-25/h3-14,19-21,34H,2,15-18H2,1H3. The van der Waals surface area contributed by atoms with Gasteiger partial charge >= 0.3 is 5.97 Å². The first-order valence-electron chi connectivity index (χ1n) is 13.4. The van der Waals surface area contributed by atoms with E-state index in [-0.39, 0.29) is 29.2 Å². The summed E-state index contributed by atoms with van der Waals surface area (Å²) in [4.78, 5) is 40.8. The van der Waals surface area contributed by atoms with Crippen molar-refractivity contribution < 1.29 is 19.1 Å². The maximum absolute atomic E-state index is 13.7. The Hall–Kier alpha value is -4.63. The summed E-state index contributed by atoms with van der Waals surface area (Å²) in [6.07, 6.45) is 2.59. The van der Waals surface area contributed by atoms with Gasteiger partial charge in [0.1, 0.15) is 5.75 Å². The van der Waals surface area contributed by atoms with Crippen LogP contribution in [-0.2, 0) is 9.53 Å². The van der Waals surface area contributed by atoms with Gasteiger partial charge in [-0.25, -0.2) is 0 Å². The number of halogens is 1. The molecule has 0 bridgehead atoms. The van der Waals surface area contributed by atoms with Crippen LogP contribution in [0.4, 0.5) is 11.4 Å². The Morgan fingerprint density at radius 1 is 1.00 bits per heavy atom. The third-order valence-corrected chi connectivity index (χ3v) is 7.02. The van der Waals surface area contributed by atoms with Gasteiger partial charge in [0.05, 0.1) is 24.4 Å². The molecular weight excluding hydrogens is 544 g/mol. The number of esters is 1. The molecule has 1 aliphatic heterocycles. The number of carbonyl (C=O) groups excluding carboxylic acids is 2. The second-order valence-corrected chi connectivity index (χ2v) is 9.95. The Balaban J connectivity index is 1.41. The average Bonchev–Trinajstić information content (AvgIpc) is 3.00. The fraction of sp³-hybridized carbons (Fsp3) is 0.226. The molecule has 2 heterocycles. The van der Waals surface area contributed by atoms with Crippen LogP contribution >= 0.6 is 11.6 Å². The Labute approximate surface area is 242 Å². The molecule has 0 atom stereocenters. The summed E-state index contributed by atoms with van der Waals surface area (Å²) in [5.41, 5.74) is 1.30. The number of nitrogens with one attached hydrogen (secondary N) is 1.